The quantitative estimate of drug-likeness (QED) is 0.540. The van der Waals surface area contributed by atoms with Gasteiger partial charge in [0.05, 0.1) is 0 Å². The average Bonchev–Trinajstić information content (AvgIpc) is 2.41. The zero-order chi connectivity index (χ0) is 8.93. The van der Waals surface area contributed by atoms with E-state index in [0.29, 0.717) is 12.0 Å². The number of piperidine rings is 1. The lowest BCUT2D eigenvalue weighted by Gasteiger charge is -2.39. The fourth-order valence-electron chi connectivity index (χ4n) is 2.71. The van der Waals surface area contributed by atoms with E-state index in [1.54, 1.807) is 0 Å². The number of alkyl halides is 1. The van der Waals surface area contributed by atoms with E-state index in [1.165, 1.54) is 0 Å². The third-order valence-corrected chi connectivity index (χ3v) is 3.32. The van der Waals surface area contributed by atoms with Gasteiger partial charge >= 0.3 is 0 Å². The Bertz CT molecular complexity index is 183. The molecule has 2 rings (SSSR count). The summed E-state index contributed by atoms with van der Waals surface area (Å²) in [4.78, 5) is 2.47. The van der Waals surface area contributed by atoms with Gasteiger partial charge in [0.1, 0.15) is 6.17 Å². The van der Waals surface area contributed by atoms with Crippen molar-refractivity contribution in [1.29, 1.82) is 0 Å². The van der Waals surface area contributed by atoms with Crippen molar-refractivity contribution in [2.24, 2.45) is 5.92 Å². The number of fused-ring (bicyclic) bond motifs is 2. The molecule has 2 bridgehead atoms. The van der Waals surface area contributed by atoms with Crippen LogP contribution in [0.25, 0.3) is 0 Å². The Kier molecular flexibility index (Phi) is 1.73. The Hall–Kier alpha value is -0.110. The van der Waals surface area contributed by atoms with Crippen LogP contribution in [0.4, 0.5) is 4.39 Å². The Morgan fingerprint density at radius 3 is 2.25 bits per heavy atom. The lowest BCUT2D eigenvalue weighted by molar-refractivity contribution is 0.0659. The highest BCUT2D eigenvalue weighted by Gasteiger charge is 2.47. The van der Waals surface area contributed by atoms with Crippen molar-refractivity contribution in [1.82, 2.24) is 4.90 Å². The summed E-state index contributed by atoms with van der Waals surface area (Å²) in [6, 6.07) is 0.532. The normalized spacial score (nSPS) is 42.5. The SMILES string of the molecule is CC(C)(C)N1CC2CC1CC2F. The molecule has 70 valence electrons. The predicted octanol–water partition coefficient (Wildman–Crippen LogP) is 2.22. The lowest BCUT2D eigenvalue weighted by atomic mass is 10.0. The summed E-state index contributed by atoms with van der Waals surface area (Å²) < 4.78 is 13.2. The molecule has 1 aliphatic heterocycles. The van der Waals surface area contributed by atoms with Crippen LogP contribution in [0, 0.1) is 5.92 Å². The third kappa shape index (κ3) is 1.17. The van der Waals surface area contributed by atoms with Crippen molar-refractivity contribution < 1.29 is 4.39 Å². The second-order valence-electron chi connectivity index (χ2n) is 5.22. The molecule has 0 aromatic rings. The molecule has 0 spiro atoms. The second kappa shape index (κ2) is 2.44. The van der Waals surface area contributed by atoms with Gasteiger partial charge in [-0.1, -0.05) is 0 Å². The predicted molar refractivity (Wildman–Crippen MR) is 47.9 cm³/mol. The zero-order valence-corrected chi connectivity index (χ0v) is 8.18. The van der Waals surface area contributed by atoms with Crippen molar-refractivity contribution in [2.45, 2.75) is 51.4 Å². The van der Waals surface area contributed by atoms with Gasteiger partial charge in [0.15, 0.2) is 0 Å². The first-order valence-corrected chi connectivity index (χ1v) is 4.89. The van der Waals surface area contributed by atoms with E-state index in [4.69, 9.17) is 0 Å². The molecule has 1 aliphatic carbocycles. The van der Waals surface area contributed by atoms with Crippen LogP contribution in [0.3, 0.4) is 0 Å². The maximum absolute atomic E-state index is 13.2. The van der Waals surface area contributed by atoms with Gasteiger partial charge in [0.25, 0.3) is 0 Å². The molecule has 1 saturated carbocycles. The van der Waals surface area contributed by atoms with Crippen molar-refractivity contribution in [3.63, 3.8) is 0 Å². The van der Waals surface area contributed by atoms with Crippen LogP contribution in [0.2, 0.25) is 0 Å². The van der Waals surface area contributed by atoms with Gasteiger partial charge in [0.2, 0.25) is 0 Å². The molecule has 0 N–H and O–H groups in total. The molecular weight excluding hydrogens is 153 g/mol. The van der Waals surface area contributed by atoms with Crippen LogP contribution >= 0.6 is 0 Å². The van der Waals surface area contributed by atoms with Crippen molar-refractivity contribution in [3.05, 3.63) is 0 Å². The Balaban J connectivity index is 2.08. The highest BCUT2D eigenvalue weighted by Crippen LogP contribution is 2.42. The number of halogens is 1. The molecule has 3 unspecified atom stereocenters. The summed E-state index contributed by atoms with van der Waals surface area (Å²) in [7, 11) is 0. The molecule has 1 saturated heterocycles. The topological polar surface area (TPSA) is 3.24 Å². The van der Waals surface area contributed by atoms with E-state index in [9.17, 15) is 4.39 Å². The second-order valence-corrected chi connectivity index (χ2v) is 5.22. The molecule has 0 amide bonds. The highest BCUT2D eigenvalue weighted by atomic mass is 19.1. The first kappa shape index (κ1) is 8.49. The molecule has 1 heterocycles. The molecule has 2 fully saturated rings. The molecule has 1 nitrogen and oxygen atoms in total. The fourth-order valence-corrected chi connectivity index (χ4v) is 2.71. The van der Waals surface area contributed by atoms with Gasteiger partial charge in [-0.15, -0.1) is 0 Å². The van der Waals surface area contributed by atoms with Crippen molar-refractivity contribution in [3.8, 4) is 0 Å². The largest absolute Gasteiger partial charge is 0.295 e. The van der Waals surface area contributed by atoms with E-state index >= 15 is 0 Å². The van der Waals surface area contributed by atoms with E-state index in [-0.39, 0.29) is 5.54 Å². The number of likely N-dealkylation sites (tertiary alicyclic amines) is 1. The van der Waals surface area contributed by atoms with Gasteiger partial charge in [-0.2, -0.15) is 0 Å². The molecule has 0 aromatic carbocycles. The summed E-state index contributed by atoms with van der Waals surface area (Å²) in [5, 5.41) is 0. The Morgan fingerprint density at radius 2 is 1.92 bits per heavy atom. The number of hydrogen-bond acceptors (Lipinski definition) is 1. The van der Waals surface area contributed by atoms with Crippen molar-refractivity contribution in [2.75, 3.05) is 6.54 Å². The summed E-state index contributed by atoms with van der Waals surface area (Å²) in [6.45, 7) is 7.65. The van der Waals surface area contributed by atoms with Crippen molar-refractivity contribution >= 4 is 0 Å². The van der Waals surface area contributed by atoms with Crippen LogP contribution in [-0.4, -0.2) is 29.2 Å². The van der Waals surface area contributed by atoms with Gasteiger partial charge in [-0.05, 0) is 33.6 Å². The van der Waals surface area contributed by atoms with Gasteiger partial charge in [-0.25, -0.2) is 4.39 Å². The number of rotatable bonds is 0. The third-order valence-electron chi connectivity index (χ3n) is 3.32. The molecule has 0 radical (unpaired) electrons. The molecule has 3 atom stereocenters. The van der Waals surface area contributed by atoms with E-state index < -0.39 is 6.17 Å². The monoisotopic (exact) mass is 171 g/mol. The summed E-state index contributed by atoms with van der Waals surface area (Å²) in [6.07, 6.45) is 1.37. The van der Waals surface area contributed by atoms with E-state index in [1.807, 2.05) is 0 Å². The molecular formula is C10H18FN. The minimum absolute atomic E-state index is 0.236. The minimum atomic E-state index is -0.506. The van der Waals surface area contributed by atoms with E-state index in [0.717, 1.165) is 19.4 Å². The van der Waals surface area contributed by atoms with Crippen LogP contribution in [-0.2, 0) is 0 Å². The minimum Gasteiger partial charge on any atom is -0.295 e. The van der Waals surface area contributed by atoms with Gasteiger partial charge < -0.3 is 0 Å². The molecule has 2 heteroatoms. The highest BCUT2D eigenvalue weighted by molar-refractivity contribution is 5.01. The number of nitrogens with zero attached hydrogens (tertiary/aromatic N) is 1. The zero-order valence-electron chi connectivity index (χ0n) is 8.18. The number of hydrogen-bond donors (Lipinski definition) is 0. The maximum atomic E-state index is 13.2. The fraction of sp³-hybridized carbons (Fsp3) is 1.00. The van der Waals surface area contributed by atoms with Gasteiger partial charge in [-0.3, -0.25) is 4.90 Å². The average molecular weight is 171 g/mol. The van der Waals surface area contributed by atoms with Crippen LogP contribution < -0.4 is 0 Å². The van der Waals surface area contributed by atoms with E-state index in [2.05, 4.69) is 25.7 Å². The lowest BCUT2D eigenvalue weighted by Crippen LogP contribution is -2.47. The van der Waals surface area contributed by atoms with Gasteiger partial charge in [0, 0.05) is 24.0 Å². The molecule has 2 aliphatic rings. The smallest absolute Gasteiger partial charge is 0.106 e. The first-order chi connectivity index (χ1) is 5.48. The summed E-state index contributed by atoms with van der Waals surface area (Å²) in [5.74, 6) is 0.342. The Morgan fingerprint density at radius 1 is 1.25 bits per heavy atom. The first-order valence-electron chi connectivity index (χ1n) is 4.89. The standard InChI is InChI=1S/C10H18FN/c1-10(2,3)12-6-7-4-8(12)5-9(7)11/h7-9H,4-6H2,1-3H3. The Labute approximate surface area is 73.9 Å². The summed E-state index contributed by atoms with van der Waals surface area (Å²) >= 11 is 0. The summed E-state index contributed by atoms with van der Waals surface area (Å²) in [5.41, 5.74) is 0.236. The molecule has 12 heavy (non-hydrogen) atoms. The van der Waals surface area contributed by atoms with Crippen LogP contribution in [0.1, 0.15) is 33.6 Å². The maximum Gasteiger partial charge on any atom is 0.106 e. The molecule has 0 aromatic heterocycles. The van der Waals surface area contributed by atoms with Crippen LogP contribution in [0.15, 0.2) is 0 Å². The van der Waals surface area contributed by atoms with Crippen LogP contribution in [0.5, 0.6) is 0 Å².